The molecule has 0 N–H and O–H groups in total. The maximum Gasteiger partial charge on any atom is 0.342 e. The molecule has 1 rings (SSSR count). The largest absolute Gasteiger partial charge is 0.465 e. The van der Waals surface area contributed by atoms with Gasteiger partial charge in [-0.1, -0.05) is 0 Å². The summed E-state index contributed by atoms with van der Waals surface area (Å²) in [6.45, 7) is 0. The third kappa shape index (κ3) is 2.01. The number of aromatic nitrogens is 1. The van der Waals surface area contributed by atoms with E-state index in [2.05, 4.69) is 9.72 Å². The lowest BCUT2D eigenvalue weighted by molar-refractivity contribution is 0.0593. The van der Waals surface area contributed by atoms with Crippen molar-refractivity contribution in [1.29, 1.82) is 0 Å². The molecule has 0 aliphatic heterocycles. The van der Waals surface area contributed by atoms with Gasteiger partial charge in [-0.15, -0.1) is 0 Å². The van der Waals surface area contributed by atoms with Gasteiger partial charge in [-0.3, -0.25) is 0 Å². The fourth-order valence-electron chi connectivity index (χ4n) is 0.837. The highest BCUT2D eigenvalue weighted by Gasteiger charge is 2.17. The molecular weight excluding hydrogens is 199 g/mol. The lowest BCUT2D eigenvalue weighted by Gasteiger charge is -2.03. The summed E-state index contributed by atoms with van der Waals surface area (Å²) in [5.74, 6) is -2.15. The molecule has 1 aromatic rings. The van der Waals surface area contributed by atoms with Crippen molar-refractivity contribution in [3.8, 4) is 0 Å². The van der Waals surface area contributed by atoms with Gasteiger partial charge in [0.05, 0.1) is 7.11 Å². The molecule has 3 nitrogen and oxygen atoms in total. The first kappa shape index (κ1) is 10.5. The zero-order valence-corrected chi connectivity index (χ0v) is 7.13. The number of rotatable bonds is 2. The van der Waals surface area contributed by atoms with E-state index in [1.807, 2.05) is 0 Å². The Hall–Kier alpha value is -1.59. The first-order valence-corrected chi connectivity index (χ1v) is 3.58. The molecule has 0 aromatic carbocycles. The number of pyridine rings is 1. The van der Waals surface area contributed by atoms with Gasteiger partial charge in [0, 0.05) is 11.8 Å². The molecule has 0 aliphatic carbocycles. The fraction of sp³-hybridized carbons (Fsp3) is 0.250. The highest BCUT2D eigenvalue weighted by molar-refractivity contribution is 5.89. The molecule has 0 saturated carbocycles. The lowest BCUT2D eigenvalue weighted by atomic mass is 10.2. The van der Waals surface area contributed by atoms with Gasteiger partial charge < -0.3 is 4.74 Å². The summed E-state index contributed by atoms with van der Waals surface area (Å²) in [6, 6.07) is 0.721. The van der Waals surface area contributed by atoms with E-state index >= 15 is 0 Å². The van der Waals surface area contributed by atoms with Crippen LogP contribution in [-0.2, 0) is 4.74 Å². The summed E-state index contributed by atoms with van der Waals surface area (Å²) in [5, 5.41) is 0. The van der Waals surface area contributed by atoms with Crippen molar-refractivity contribution in [3.05, 3.63) is 29.3 Å². The Labute approximate surface area is 77.5 Å². The minimum atomic E-state index is -2.80. The predicted octanol–water partition coefficient (Wildman–Crippen LogP) is 1.94. The van der Waals surface area contributed by atoms with Crippen molar-refractivity contribution in [2.24, 2.45) is 0 Å². The molecule has 0 bridgehead atoms. The number of esters is 1. The molecule has 0 fully saturated rings. The first-order chi connectivity index (χ1) is 6.56. The van der Waals surface area contributed by atoms with Crippen LogP contribution in [0.5, 0.6) is 0 Å². The number of hydrogen-bond acceptors (Lipinski definition) is 3. The second-order valence-electron chi connectivity index (χ2n) is 2.40. The summed E-state index contributed by atoms with van der Waals surface area (Å²) in [4.78, 5) is 13.9. The fourth-order valence-corrected chi connectivity index (χ4v) is 0.837. The minimum absolute atomic E-state index is 0.521. The van der Waals surface area contributed by atoms with Gasteiger partial charge in [0.15, 0.2) is 0 Å². The Bertz CT molecular complexity index is 354. The Morgan fingerprint density at radius 2 is 2.21 bits per heavy atom. The van der Waals surface area contributed by atoms with Crippen LogP contribution in [0.1, 0.15) is 22.3 Å². The molecule has 14 heavy (non-hydrogen) atoms. The van der Waals surface area contributed by atoms with E-state index in [1.165, 1.54) is 0 Å². The zero-order chi connectivity index (χ0) is 10.7. The van der Waals surface area contributed by atoms with Crippen molar-refractivity contribution in [2.45, 2.75) is 6.43 Å². The van der Waals surface area contributed by atoms with E-state index in [4.69, 9.17) is 0 Å². The number of methoxy groups -OCH3 is 1. The molecule has 6 heteroatoms. The standard InChI is InChI=1S/C8H6F3NO2/c1-14-8(13)5-2-4(6(9)10)3-12-7(5)11/h2-3,6H,1H3. The van der Waals surface area contributed by atoms with E-state index in [0.29, 0.717) is 6.20 Å². The predicted molar refractivity (Wildman–Crippen MR) is 40.5 cm³/mol. The summed E-state index contributed by atoms with van der Waals surface area (Å²) in [6.07, 6.45) is -2.13. The van der Waals surface area contributed by atoms with Crippen molar-refractivity contribution < 1.29 is 22.7 Å². The summed E-state index contributed by atoms with van der Waals surface area (Å²) in [5.41, 5.74) is -1.11. The lowest BCUT2D eigenvalue weighted by Crippen LogP contribution is -2.07. The van der Waals surface area contributed by atoms with Crippen LogP contribution in [0, 0.1) is 5.95 Å². The van der Waals surface area contributed by atoms with Crippen molar-refractivity contribution >= 4 is 5.97 Å². The van der Waals surface area contributed by atoms with Crippen LogP contribution in [0.15, 0.2) is 12.3 Å². The summed E-state index contributed by atoms with van der Waals surface area (Å²) >= 11 is 0. The number of ether oxygens (including phenoxy) is 1. The van der Waals surface area contributed by atoms with Gasteiger partial charge in [0.25, 0.3) is 6.43 Å². The quantitative estimate of drug-likeness (QED) is 0.547. The minimum Gasteiger partial charge on any atom is -0.465 e. The maximum absolute atomic E-state index is 12.8. The number of hydrogen-bond donors (Lipinski definition) is 0. The molecule has 0 unspecified atom stereocenters. The maximum atomic E-state index is 12.8. The number of alkyl halides is 2. The van der Waals surface area contributed by atoms with Crippen LogP contribution < -0.4 is 0 Å². The average molecular weight is 205 g/mol. The monoisotopic (exact) mass is 205 g/mol. The molecule has 76 valence electrons. The molecule has 0 amide bonds. The Kier molecular flexibility index (Phi) is 3.06. The number of carbonyl (C=O) groups is 1. The highest BCUT2D eigenvalue weighted by Crippen LogP contribution is 2.19. The molecule has 0 saturated heterocycles. The van der Waals surface area contributed by atoms with Crippen LogP contribution in [0.3, 0.4) is 0 Å². The molecule has 0 aliphatic rings. The van der Waals surface area contributed by atoms with E-state index in [1.54, 1.807) is 0 Å². The number of halogens is 3. The third-order valence-corrected chi connectivity index (χ3v) is 1.52. The van der Waals surface area contributed by atoms with Crippen molar-refractivity contribution in [2.75, 3.05) is 7.11 Å². The topological polar surface area (TPSA) is 39.2 Å². The Morgan fingerprint density at radius 1 is 1.57 bits per heavy atom. The number of carbonyl (C=O) groups excluding carboxylic acids is 1. The first-order valence-electron chi connectivity index (χ1n) is 3.58. The van der Waals surface area contributed by atoms with Gasteiger partial charge in [0.2, 0.25) is 5.95 Å². The van der Waals surface area contributed by atoms with Crippen LogP contribution in [0.2, 0.25) is 0 Å². The Balaban J connectivity index is 3.15. The normalized spacial score (nSPS) is 10.4. The van der Waals surface area contributed by atoms with E-state index in [-0.39, 0.29) is 0 Å². The van der Waals surface area contributed by atoms with E-state index < -0.39 is 29.5 Å². The van der Waals surface area contributed by atoms with Crippen molar-refractivity contribution in [1.82, 2.24) is 4.98 Å². The van der Waals surface area contributed by atoms with Gasteiger partial charge in [-0.05, 0) is 6.07 Å². The second-order valence-corrected chi connectivity index (χ2v) is 2.40. The second kappa shape index (κ2) is 4.08. The molecule has 0 radical (unpaired) electrons. The highest BCUT2D eigenvalue weighted by atomic mass is 19.3. The van der Waals surface area contributed by atoms with Crippen LogP contribution in [-0.4, -0.2) is 18.1 Å². The van der Waals surface area contributed by atoms with Gasteiger partial charge in [-0.25, -0.2) is 18.6 Å². The molecule has 1 aromatic heterocycles. The third-order valence-electron chi connectivity index (χ3n) is 1.52. The summed E-state index contributed by atoms with van der Waals surface area (Å²) < 4.78 is 41.3. The van der Waals surface area contributed by atoms with E-state index in [0.717, 1.165) is 13.2 Å². The van der Waals surface area contributed by atoms with Gasteiger partial charge >= 0.3 is 5.97 Å². The molecule has 0 atom stereocenters. The van der Waals surface area contributed by atoms with Crippen LogP contribution in [0.4, 0.5) is 13.2 Å². The zero-order valence-electron chi connectivity index (χ0n) is 7.13. The van der Waals surface area contributed by atoms with Crippen LogP contribution >= 0.6 is 0 Å². The van der Waals surface area contributed by atoms with Gasteiger partial charge in [-0.2, -0.15) is 4.39 Å². The SMILES string of the molecule is COC(=O)c1cc(C(F)F)cnc1F. The number of nitrogens with zero attached hydrogens (tertiary/aromatic N) is 1. The Morgan fingerprint density at radius 3 is 2.71 bits per heavy atom. The van der Waals surface area contributed by atoms with Crippen LogP contribution in [0.25, 0.3) is 0 Å². The van der Waals surface area contributed by atoms with Gasteiger partial charge in [0.1, 0.15) is 5.56 Å². The molecule has 1 heterocycles. The molecular formula is C8H6F3NO2. The van der Waals surface area contributed by atoms with E-state index in [9.17, 15) is 18.0 Å². The van der Waals surface area contributed by atoms with Crippen molar-refractivity contribution in [3.63, 3.8) is 0 Å². The smallest absolute Gasteiger partial charge is 0.342 e. The average Bonchev–Trinajstić information content (AvgIpc) is 2.17. The summed E-state index contributed by atoms with van der Waals surface area (Å²) in [7, 11) is 1.02. The molecule has 0 spiro atoms.